The number of esters is 1. The molecular weight excluding hydrogens is 368 g/mol. The SMILES string of the molecule is CC(=O)OC(C)(C)C.CCCC/C=C\CCCCCCCCCC.CCCCCC. The number of hydrogen-bond donors (Lipinski definition) is 0. The van der Waals surface area contributed by atoms with E-state index in [2.05, 4.69) is 39.8 Å². The van der Waals surface area contributed by atoms with Crippen molar-refractivity contribution in [2.24, 2.45) is 0 Å². The van der Waals surface area contributed by atoms with E-state index in [1.165, 1.54) is 110 Å². The minimum atomic E-state index is -0.328. The Morgan fingerprint density at radius 1 is 0.600 bits per heavy atom. The minimum absolute atomic E-state index is 0.225. The molecule has 0 radical (unpaired) electrons. The molecule has 0 saturated carbocycles. The Hall–Kier alpha value is -0.790. The van der Waals surface area contributed by atoms with Gasteiger partial charge < -0.3 is 4.74 Å². The van der Waals surface area contributed by atoms with Crippen molar-refractivity contribution in [3.63, 3.8) is 0 Å². The summed E-state index contributed by atoms with van der Waals surface area (Å²) in [6.45, 7) is 15.9. The van der Waals surface area contributed by atoms with E-state index in [0.29, 0.717) is 0 Å². The first-order valence-electron chi connectivity index (χ1n) is 13.1. The van der Waals surface area contributed by atoms with Crippen LogP contribution in [0.4, 0.5) is 0 Å². The van der Waals surface area contributed by atoms with Crippen molar-refractivity contribution in [2.75, 3.05) is 0 Å². The molecule has 0 amide bonds. The van der Waals surface area contributed by atoms with Crippen LogP contribution in [0, 0.1) is 0 Å². The zero-order chi connectivity index (χ0) is 23.5. The molecule has 2 nitrogen and oxygen atoms in total. The zero-order valence-electron chi connectivity index (χ0n) is 22.3. The quantitative estimate of drug-likeness (QED) is 0.148. The van der Waals surface area contributed by atoms with Gasteiger partial charge in [0.05, 0.1) is 0 Å². The van der Waals surface area contributed by atoms with Gasteiger partial charge in [0.25, 0.3) is 0 Å². The van der Waals surface area contributed by atoms with Crippen LogP contribution >= 0.6 is 0 Å². The van der Waals surface area contributed by atoms with Crippen LogP contribution in [-0.2, 0) is 9.53 Å². The van der Waals surface area contributed by atoms with Gasteiger partial charge in [-0.1, -0.05) is 123 Å². The Morgan fingerprint density at radius 2 is 0.933 bits per heavy atom. The molecule has 0 aromatic rings. The molecule has 0 fully saturated rings. The van der Waals surface area contributed by atoms with Gasteiger partial charge in [0.15, 0.2) is 0 Å². The van der Waals surface area contributed by atoms with E-state index in [0.717, 1.165) is 0 Å². The van der Waals surface area contributed by atoms with E-state index in [1.807, 2.05) is 20.8 Å². The summed E-state index contributed by atoms with van der Waals surface area (Å²) >= 11 is 0. The van der Waals surface area contributed by atoms with Crippen molar-refractivity contribution in [1.82, 2.24) is 0 Å². The van der Waals surface area contributed by atoms with Crippen molar-refractivity contribution in [1.29, 1.82) is 0 Å². The van der Waals surface area contributed by atoms with Crippen molar-refractivity contribution in [3.8, 4) is 0 Å². The Morgan fingerprint density at radius 3 is 1.27 bits per heavy atom. The van der Waals surface area contributed by atoms with Crippen molar-refractivity contribution >= 4 is 5.97 Å². The normalized spacial score (nSPS) is 10.8. The predicted octanol–water partition coefficient (Wildman–Crippen LogP) is 10.2. The van der Waals surface area contributed by atoms with Crippen LogP contribution in [0.25, 0.3) is 0 Å². The molecule has 0 rings (SSSR count). The average molecular weight is 427 g/mol. The van der Waals surface area contributed by atoms with Crippen LogP contribution in [0.15, 0.2) is 12.2 Å². The van der Waals surface area contributed by atoms with E-state index >= 15 is 0 Å². The van der Waals surface area contributed by atoms with Crippen LogP contribution < -0.4 is 0 Å². The molecule has 0 aliphatic carbocycles. The highest BCUT2D eigenvalue weighted by molar-refractivity contribution is 5.66. The van der Waals surface area contributed by atoms with Gasteiger partial charge in [-0.3, -0.25) is 4.79 Å². The molecule has 0 heterocycles. The van der Waals surface area contributed by atoms with E-state index in [-0.39, 0.29) is 11.6 Å². The second-order valence-electron chi connectivity index (χ2n) is 9.29. The van der Waals surface area contributed by atoms with E-state index in [4.69, 9.17) is 4.74 Å². The smallest absolute Gasteiger partial charge is 0.303 e. The van der Waals surface area contributed by atoms with Crippen LogP contribution in [0.2, 0.25) is 0 Å². The molecule has 0 bridgehead atoms. The maximum Gasteiger partial charge on any atom is 0.303 e. The molecule has 0 atom stereocenters. The summed E-state index contributed by atoms with van der Waals surface area (Å²) < 4.78 is 4.80. The van der Waals surface area contributed by atoms with Crippen LogP contribution in [-0.4, -0.2) is 11.6 Å². The fourth-order valence-corrected chi connectivity index (χ4v) is 2.88. The van der Waals surface area contributed by atoms with Gasteiger partial charge in [0, 0.05) is 6.92 Å². The lowest BCUT2D eigenvalue weighted by Gasteiger charge is -2.17. The fourth-order valence-electron chi connectivity index (χ4n) is 2.88. The monoisotopic (exact) mass is 426 g/mol. The first kappa shape index (κ1) is 33.8. The molecule has 182 valence electrons. The summed E-state index contributed by atoms with van der Waals surface area (Å²) in [4.78, 5) is 10.2. The molecule has 0 N–H and O–H groups in total. The number of rotatable bonds is 15. The number of allylic oxidation sites excluding steroid dienone is 2. The van der Waals surface area contributed by atoms with Gasteiger partial charge in [0.2, 0.25) is 0 Å². The summed E-state index contributed by atoms with van der Waals surface area (Å²) in [7, 11) is 0. The van der Waals surface area contributed by atoms with E-state index in [9.17, 15) is 4.79 Å². The first-order valence-corrected chi connectivity index (χ1v) is 13.1. The lowest BCUT2D eigenvalue weighted by Crippen LogP contribution is -2.21. The molecule has 0 unspecified atom stereocenters. The summed E-state index contributed by atoms with van der Waals surface area (Å²) in [6, 6.07) is 0. The first-order chi connectivity index (χ1) is 14.2. The van der Waals surface area contributed by atoms with Gasteiger partial charge in [0.1, 0.15) is 5.60 Å². The van der Waals surface area contributed by atoms with Gasteiger partial charge >= 0.3 is 5.97 Å². The predicted molar refractivity (Wildman–Crippen MR) is 137 cm³/mol. The zero-order valence-corrected chi connectivity index (χ0v) is 22.3. The largest absolute Gasteiger partial charge is 0.460 e. The fraction of sp³-hybridized carbons (Fsp3) is 0.893. The van der Waals surface area contributed by atoms with Crippen molar-refractivity contribution < 1.29 is 9.53 Å². The van der Waals surface area contributed by atoms with Gasteiger partial charge in [-0.05, 0) is 40.0 Å². The van der Waals surface area contributed by atoms with Crippen LogP contribution in [0.1, 0.15) is 158 Å². The Balaban J connectivity index is -0.000000431. The van der Waals surface area contributed by atoms with Crippen LogP contribution in [0.3, 0.4) is 0 Å². The topological polar surface area (TPSA) is 26.3 Å². The maximum atomic E-state index is 10.2. The highest BCUT2D eigenvalue weighted by atomic mass is 16.6. The Bertz CT molecular complexity index is 335. The molecule has 30 heavy (non-hydrogen) atoms. The van der Waals surface area contributed by atoms with Crippen LogP contribution in [0.5, 0.6) is 0 Å². The second kappa shape index (κ2) is 28.2. The highest BCUT2D eigenvalue weighted by Gasteiger charge is 2.11. The molecule has 0 aromatic carbocycles. The molecule has 2 heteroatoms. The lowest BCUT2D eigenvalue weighted by atomic mass is 10.1. The lowest BCUT2D eigenvalue weighted by molar-refractivity contribution is -0.151. The number of unbranched alkanes of at least 4 members (excludes halogenated alkanes) is 13. The summed E-state index contributed by atoms with van der Waals surface area (Å²) in [5, 5.41) is 0. The number of carbonyl (C=O) groups is 1. The summed E-state index contributed by atoms with van der Waals surface area (Å²) in [6.07, 6.45) is 27.0. The Labute approximate surface area is 191 Å². The molecule has 0 aromatic heterocycles. The molecule has 0 spiro atoms. The summed E-state index contributed by atoms with van der Waals surface area (Å²) in [5.41, 5.74) is -0.328. The maximum absolute atomic E-state index is 10.2. The van der Waals surface area contributed by atoms with E-state index < -0.39 is 0 Å². The number of hydrogen-bond acceptors (Lipinski definition) is 2. The van der Waals surface area contributed by atoms with Gasteiger partial charge in [-0.2, -0.15) is 0 Å². The van der Waals surface area contributed by atoms with Gasteiger partial charge in [-0.25, -0.2) is 0 Å². The van der Waals surface area contributed by atoms with Crippen molar-refractivity contribution in [2.45, 2.75) is 164 Å². The van der Waals surface area contributed by atoms with Crippen molar-refractivity contribution in [3.05, 3.63) is 12.2 Å². The number of carbonyl (C=O) groups excluding carboxylic acids is 1. The third-order valence-electron chi connectivity index (χ3n) is 4.52. The molecule has 0 aliphatic heterocycles. The average Bonchev–Trinajstić information content (AvgIpc) is 2.66. The standard InChI is InChI=1S/C16H32.C6H12O2.C6H14/c1-3-5-7-9-11-13-15-16-14-12-10-8-6-4-2;1-5(7)8-6(2,3)4;1-3-5-6-4-2/h9,11H,3-8,10,12-16H2,1-2H3;1-4H3;3-6H2,1-2H3/b11-9-;;. The Kier molecular flexibility index (Phi) is 31.8. The second-order valence-corrected chi connectivity index (χ2v) is 9.29. The molecular formula is C28H58O2. The highest BCUT2D eigenvalue weighted by Crippen LogP contribution is 2.10. The minimum Gasteiger partial charge on any atom is -0.460 e. The third kappa shape index (κ3) is 45.8. The number of ether oxygens (including phenoxy) is 1. The molecule has 0 saturated heterocycles. The van der Waals surface area contributed by atoms with E-state index in [1.54, 1.807) is 0 Å². The molecule has 0 aliphatic rings. The third-order valence-corrected chi connectivity index (χ3v) is 4.52. The van der Waals surface area contributed by atoms with Gasteiger partial charge in [-0.15, -0.1) is 0 Å². The summed E-state index contributed by atoms with van der Waals surface area (Å²) in [5.74, 6) is -0.225.